The number of hydrogen-bond donors (Lipinski definition) is 1. The zero-order chi connectivity index (χ0) is 22.5. The Bertz CT molecular complexity index is 1030. The molecule has 6 nitrogen and oxygen atoms in total. The van der Waals surface area contributed by atoms with Crippen LogP contribution in [-0.4, -0.2) is 34.3 Å². The van der Waals surface area contributed by atoms with Gasteiger partial charge >= 0.3 is 5.97 Å². The van der Waals surface area contributed by atoms with Crippen LogP contribution in [-0.2, 0) is 22.4 Å². The third-order valence-electron chi connectivity index (χ3n) is 8.63. The van der Waals surface area contributed by atoms with Crippen LogP contribution in [0.25, 0.3) is 5.69 Å². The van der Waals surface area contributed by atoms with Gasteiger partial charge in [-0.05, 0) is 94.1 Å². The van der Waals surface area contributed by atoms with E-state index < -0.39 is 0 Å². The van der Waals surface area contributed by atoms with Crippen molar-refractivity contribution in [3.8, 4) is 5.69 Å². The molecule has 1 aromatic carbocycles. The number of hydrogen-bond acceptors (Lipinski definition) is 4. The van der Waals surface area contributed by atoms with Gasteiger partial charge in [-0.25, -0.2) is 4.68 Å². The predicted octanol–water partition coefficient (Wildman–Crippen LogP) is 4.09. The molecule has 1 N–H and O–H groups in total. The molecule has 1 amide bonds. The minimum atomic E-state index is -0.210. The number of aromatic nitrogens is 2. The largest absolute Gasteiger partial charge is 0.466 e. The first-order valence-corrected chi connectivity index (χ1v) is 12.7. The van der Waals surface area contributed by atoms with Gasteiger partial charge in [-0.3, -0.25) is 9.59 Å². The monoisotopic (exact) mass is 447 g/mol. The second-order valence-corrected chi connectivity index (χ2v) is 10.6. The molecular weight excluding hydrogens is 414 g/mol. The Labute approximate surface area is 195 Å². The summed E-state index contributed by atoms with van der Waals surface area (Å²) in [5.74, 6) is 2.53. The van der Waals surface area contributed by atoms with Gasteiger partial charge in [-0.1, -0.05) is 18.2 Å². The lowest BCUT2D eigenvalue weighted by Gasteiger charge is -2.54. The summed E-state index contributed by atoms with van der Waals surface area (Å²) >= 11 is 0. The highest BCUT2D eigenvalue weighted by Crippen LogP contribution is 2.53. The van der Waals surface area contributed by atoms with Gasteiger partial charge in [0.2, 0.25) is 0 Å². The predicted molar refractivity (Wildman–Crippen MR) is 124 cm³/mol. The topological polar surface area (TPSA) is 73.2 Å². The lowest BCUT2D eigenvalue weighted by Crippen LogP contribution is -2.56. The molecule has 1 atom stereocenters. The third kappa shape index (κ3) is 3.68. The Balaban J connectivity index is 1.31. The molecule has 6 heteroatoms. The van der Waals surface area contributed by atoms with Crippen molar-refractivity contribution in [2.24, 2.45) is 29.6 Å². The molecule has 0 spiro atoms. The van der Waals surface area contributed by atoms with E-state index in [2.05, 4.69) is 5.32 Å². The van der Waals surface area contributed by atoms with Gasteiger partial charge in [0.05, 0.1) is 18.2 Å². The number of benzene rings is 1. The second kappa shape index (κ2) is 8.30. The molecule has 0 saturated heterocycles. The van der Waals surface area contributed by atoms with Gasteiger partial charge in [-0.15, -0.1) is 0 Å². The van der Waals surface area contributed by atoms with Crippen molar-refractivity contribution in [1.29, 1.82) is 0 Å². The normalized spacial score (nSPS) is 31.8. The van der Waals surface area contributed by atoms with Crippen LogP contribution >= 0.6 is 0 Å². The standard InChI is InChI=1S/C27H33N3O3/c1-2-33-27(32)18-8-9-23-22(15-18)25(29-30(23)21-6-4-3-5-7-21)26(31)28-24-19-11-16-10-17(13-19)14-20(24)12-16/h3-7,16-20,24H,2,8-15H2,1H3,(H,28,31). The first-order valence-electron chi connectivity index (χ1n) is 12.7. The van der Waals surface area contributed by atoms with E-state index >= 15 is 0 Å². The highest BCUT2D eigenvalue weighted by Gasteiger charge is 2.49. The SMILES string of the molecule is CCOC(=O)C1CCc2c(c(C(=O)NC3C4CC5CC(C4)CC3C5)nn2-c2ccccc2)C1. The zero-order valence-electron chi connectivity index (χ0n) is 19.3. The van der Waals surface area contributed by atoms with Crippen molar-refractivity contribution in [2.75, 3.05) is 6.61 Å². The summed E-state index contributed by atoms with van der Waals surface area (Å²) in [6.45, 7) is 2.22. The van der Waals surface area contributed by atoms with Crippen LogP contribution in [0.2, 0.25) is 0 Å². The second-order valence-electron chi connectivity index (χ2n) is 10.6. The van der Waals surface area contributed by atoms with E-state index in [1.54, 1.807) is 0 Å². The summed E-state index contributed by atoms with van der Waals surface area (Å²) in [7, 11) is 0. The molecule has 1 unspecified atom stereocenters. The molecule has 2 aromatic rings. The molecule has 1 heterocycles. The molecule has 0 aliphatic heterocycles. The van der Waals surface area contributed by atoms with Crippen LogP contribution in [0.5, 0.6) is 0 Å². The van der Waals surface area contributed by atoms with E-state index in [1.165, 1.54) is 32.1 Å². The Kier molecular flexibility index (Phi) is 5.27. The minimum Gasteiger partial charge on any atom is -0.466 e. The maximum Gasteiger partial charge on any atom is 0.309 e. The lowest BCUT2D eigenvalue weighted by atomic mass is 9.54. The molecule has 5 aliphatic rings. The van der Waals surface area contributed by atoms with Crippen LogP contribution in [0.4, 0.5) is 0 Å². The van der Waals surface area contributed by atoms with Gasteiger partial charge in [0.1, 0.15) is 0 Å². The number of nitrogens with zero attached hydrogens (tertiary/aromatic N) is 2. The summed E-state index contributed by atoms with van der Waals surface area (Å²) in [5.41, 5.74) is 3.43. The van der Waals surface area contributed by atoms with Crippen molar-refractivity contribution in [3.63, 3.8) is 0 Å². The molecule has 4 fully saturated rings. The maximum absolute atomic E-state index is 13.7. The minimum absolute atomic E-state index is 0.0667. The number of carbonyl (C=O) groups is 2. The summed E-state index contributed by atoms with van der Waals surface area (Å²) in [5, 5.41) is 8.27. The first kappa shape index (κ1) is 20.9. The van der Waals surface area contributed by atoms with Crippen molar-refractivity contribution in [3.05, 3.63) is 47.3 Å². The number of nitrogens with one attached hydrogen (secondary N) is 1. The average Bonchev–Trinajstić information content (AvgIpc) is 3.20. The van der Waals surface area contributed by atoms with Crippen LogP contribution in [0.15, 0.2) is 30.3 Å². The summed E-state index contributed by atoms with van der Waals surface area (Å²) in [6.07, 6.45) is 8.41. The number of amides is 1. The summed E-state index contributed by atoms with van der Waals surface area (Å²) in [4.78, 5) is 26.2. The number of carbonyl (C=O) groups excluding carboxylic acids is 2. The molecule has 4 saturated carbocycles. The molecule has 4 bridgehead atoms. The fourth-order valence-electron chi connectivity index (χ4n) is 7.42. The Morgan fingerprint density at radius 1 is 1.06 bits per heavy atom. The van der Waals surface area contributed by atoms with Crippen LogP contribution < -0.4 is 5.32 Å². The van der Waals surface area contributed by atoms with Crippen LogP contribution in [0.3, 0.4) is 0 Å². The molecule has 0 radical (unpaired) electrons. The van der Waals surface area contributed by atoms with E-state index in [0.717, 1.165) is 35.2 Å². The number of rotatable bonds is 5. The van der Waals surface area contributed by atoms with E-state index in [-0.39, 0.29) is 23.8 Å². The Morgan fingerprint density at radius 2 is 1.76 bits per heavy atom. The number of fused-ring (bicyclic) bond motifs is 1. The smallest absolute Gasteiger partial charge is 0.309 e. The fraction of sp³-hybridized carbons (Fsp3) is 0.593. The van der Waals surface area contributed by atoms with Crippen molar-refractivity contribution < 1.29 is 14.3 Å². The van der Waals surface area contributed by atoms with Gasteiger partial charge in [-0.2, -0.15) is 5.10 Å². The van der Waals surface area contributed by atoms with Crippen LogP contribution in [0, 0.1) is 29.6 Å². The van der Waals surface area contributed by atoms with Gasteiger partial charge < -0.3 is 10.1 Å². The molecule has 5 aliphatic carbocycles. The van der Waals surface area contributed by atoms with Gasteiger partial charge in [0, 0.05) is 17.3 Å². The lowest BCUT2D eigenvalue weighted by molar-refractivity contribution is -0.148. The zero-order valence-corrected chi connectivity index (χ0v) is 19.3. The summed E-state index contributed by atoms with van der Waals surface area (Å²) in [6, 6.07) is 10.3. The van der Waals surface area contributed by atoms with Crippen molar-refractivity contribution in [1.82, 2.24) is 15.1 Å². The third-order valence-corrected chi connectivity index (χ3v) is 8.63. The fourth-order valence-corrected chi connectivity index (χ4v) is 7.42. The summed E-state index contributed by atoms with van der Waals surface area (Å²) < 4.78 is 7.23. The number of para-hydroxylation sites is 1. The first-order chi connectivity index (χ1) is 16.1. The molecule has 7 rings (SSSR count). The van der Waals surface area contributed by atoms with E-state index in [4.69, 9.17) is 9.84 Å². The van der Waals surface area contributed by atoms with Crippen molar-refractivity contribution >= 4 is 11.9 Å². The average molecular weight is 448 g/mol. The van der Waals surface area contributed by atoms with E-state index in [9.17, 15) is 9.59 Å². The highest BCUT2D eigenvalue weighted by molar-refractivity contribution is 5.94. The molecule has 1 aromatic heterocycles. The van der Waals surface area contributed by atoms with Crippen LogP contribution in [0.1, 0.15) is 67.2 Å². The maximum atomic E-state index is 13.7. The Morgan fingerprint density at radius 3 is 2.42 bits per heavy atom. The molecular formula is C27H33N3O3. The van der Waals surface area contributed by atoms with E-state index in [1.807, 2.05) is 41.9 Å². The molecule has 33 heavy (non-hydrogen) atoms. The highest BCUT2D eigenvalue weighted by atomic mass is 16.5. The Hall–Kier alpha value is -2.63. The molecule has 174 valence electrons. The van der Waals surface area contributed by atoms with Gasteiger partial charge in [0.15, 0.2) is 5.69 Å². The number of esters is 1. The van der Waals surface area contributed by atoms with Crippen molar-refractivity contribution in [2.45, 2.75) is 64.3 Å². The quantitative estimate of drug-likeness (QED) is 0.701. The van der Waals surface area contributed by atoms with Gasteiger partial charge in [0.25, 0.3) is 5.91 Å². The van der Waals surface area contributed by atoms with E-state index in [0.29, 0.717) is 37.0 Å². The number of ether oxygens (including phenoxy) is 1.